The number of para-hydroxylation sites is 1. The first kappa shape index (κ1) is 19.4. The molecule has 0 atom stereocenters. The molecule has 8 heteroatoms. The number of anilines is 1. The number of carbonyl (C=O) groups excluding carboxylic acids is 1. The summed E-state index contributed by atoms with van der Waals surface area (Å²) in [4.78, 5) is 17.1. The average molecular weight is 405 g/mol. The minimum Gasteiger partial charge on any atom is -0.325 e. The zero-order valence-electron chi connectivity index (χ0n) is 14.8. The molecule has 0 saturated carbocycles. The van der Waals surface area contributed by atoms with Crippen LogP contribution in [-0.2, 0) is 11.3 Å². The summed E-state index contributed by atoms with van der Waals surface area (Å²) in [5.41, 5.74) is 1.58. The van der Waals surface area contributed by atoms with E-state index in [4.69, 9.17) is 11.6 Å². The van der Waals surface area contributed by atoms with E-state index in [9.17, 15) is 9.18 Å². The van der Waals surface area contributed by atoms with Crippen molar-refractivity contribution in [1.82, 2.24) is 14.8 Å². The zero-order chi connectivity index (χ0) is 19.4. The van der Waals surface area contributed by atoms with E-state index in [0.717, 1.165) is 10.5 Å². The molecule has 1 heterocycles. The van der Waals surface area contributed by atoms with E-state index in [-0.39, 0.29) is 22.9 Å². The molecule has 1 amide bonds. The molecule has 0 spiro atoms. The van der Waals surface area contributed by atoms with Crippen LogP contribution in [0.3, 0.4) is 0 Å². The Morgan fingerprint density at radius 3 is 2.63 bits per heavy atom. The molecule has 0 aliphatic rings. The van der Waals surface area contributed by atoms with Gasteiger partial charge >= 0.3 is 0 Å². The summed E-state index contributed by atoms with van der Waals surface area (Å²) < 4.78 is 14.8. The molecule has 0 radical (unpaired) electrons. The Morgan fingerprint density at radius 2 is 1.93 bits per heavy atom. The van der Waals surface area contributed by atoms with Gasteiger partial charge in [0.05, 0.1) is 12.2 Å². The second kappa shape index (κ2) is 8.54. The fourth-order valence-corrected chi connectivity index (χ4v) is 3.41. The predicted octanol–water partition coefficient (Wildman–Crippen LogP) is 4.86. The number of amides is 1. The highest BCUT2D eigenvalue weighted by Gasteiger charge is 2.15. The lowest BCUT2D eigenvalue weighted by atomic mass is 10.2. The van der Waals surface area contributed by atoms with Crippen molar-refractivity contribution in [3.8, 4) is 0 Å². The van der Waals surface area contributed by atoms with Gasteiger partial charge < -0.3 is 5.32 Å². The van der Waals surface area contributed by atoms with E-state index < -0.39 is 0 Å². The molecule has 1 aromatic heterocycles. The molecule has 2 aromatic carbocycles. The number of benzene rings is 2. The highest BCUT2D eigenvalue weighted by atomic mass is 35.5. The molecule has 27 heavy (non-hydrogen) atoms. The molecule has 0 aliphatic heterocycles. The van der Waals surface area contributed by atoms with Crippen LogP contribution in [0.1, 0.15) is 19.4 Å². The smallest absolute Gasteiger partial charge is 0.243 e. The maximum Gasteiger partial charge on any atom is 0.243 e. The van der Waals surface area contributed by atoms with Gasteiger partial charge in [-0.2, -0.15) is 4.98 Å². The largest absolute Gasteiger partial charge is 0.325 e. The van der Waals surface area contributed by atoms with Crippen molar-refractivity contribution in [2.24, 2.45) is 5.92 Å². The quantitative estimate of drug-likeness (QED) is 0.637. The van der Waals surface area contributed by atoms with Crippen LogP contribution >= 0.6 is 23.4 Å². The molecule has 1 N–H and O–H groups in total. The Labute approximate surface area is 166 Å². The predicted molar refractivity (Wildman–Crippen MR) is 105 cm³/mol. The van der Waals surface area contributed by atoms with Gasteiger partial charge in [-0.1, -0.05) is 38.1 Å². The molecule has 3 aromatic rings. The molecule has 0 aliphatic carbocycles. The Morgan fingerprint density at radius 1 is 1.22 bits per heavy atom. The lowest BCUT2D eigenvalue weighted by Crippen LogP contribution is -2.18. The Bertz CT molecular complexity index is 943. The highest BCUT2D eigenvalue weighted by Crippen LogP contribution is 2.33. The maximum atomic E-state index is 13.1. The molecular weight excluding hydrogens is 387 g/mol. The van der Waals surface area contributed by atoms with Gasteiger partial charge in [0, 0.05) is 10.8 Å². The Kier molecular flexibility index (Phi) is 6.13. The van der Waals surface area contributed by atoms with Gasteiger partial charge in [0.15, 0.2) is 5.16 Å². The molecule has 0 unspecified atom stereocenters. The van der Waals surface area contributed by atoms with Gasteiger partial charge in [-0.3, -0.25) is 4.79 Å². The lowest BCUT2D eigenvalue weighted by molar-refractivity contribution is -0.118. The number of carbonyl (C=O) groups is 1. The van der Waals surface area contributed by atoms with Crippen molar-refractivity contribution < 1.29 is 9.18 Å². The topological polar surface area (TPSA) is 59.8 Å². The number of nitrogens with one attached hydrogen (secondary N) is 1. The summed E-state index contributed by atoms with van der Waals surface area (Å²) in [6, 6.07) is 13.7. The fourth-order valence-electron chi connectivity index (χ4n) is 2.28. The van der Waals surface area contributed by atoms with Gasteiger partial charge in [-0.15, -0.1) is 5.10 Å². The Hall–Kier alpha value is -2.38. The molecule has 140 valence electrons. The average Bonchev–Trinajstić information content (AvgIpc) is 2.97. The van der Waals surface area contributed by atoms with Crippen LogP contribution in [0.25, 0.3) is 0 Å². The maximum absolute atomic E-state index is 13.1. The van der Waals surface area contributed by atoms with Crippen LogP contribution in [0.15, 0.2) is 58.6 Å². The minimum absolute atomic E-state index is 0.0612. The van der Waals surface area contributed by atoms with E-state index in [1.165, 1.54) is 23.9 Å². The van der Waals surface area contributed by atoms with E-state index in [0.29, 0.717) is 17.4 Å². The van der Waals surface area contributed by atoms with Crippen molar-refractivity contribution in [3.63, 3.8) is 0 Å². The van der Waals surface area contributed by atoms with Crippen LogP contribution in [0, 0.1) is 11.7 Å². The third-order valence-corrected chi connectivity index (χ3v) is 4.95. The number of hydrogen-bond donors (Lipinski definition) is 1. The third-order valence-electron chi connectivity index (χ3n) is 3.73. The number of aromatic nitrogens is 3. The lowest BCUT2D eigenvalue weighted by Gasteiger charge is -2.12. The van der Waals surface area contributed by atoms with E-state index >= 15 is 0 Å². The molecule has 3 rings (SSSR count). The van der Waals surface area contributed by atoms with Crippen LogP contribution in [0.5, 0.6) is 0 Å². The number of hydrogen-bond acceptors (Lipinski definition) is 4. The standard InChI is InChI=1S/C19H18ClFN4OS/c1-12(2)17(26)22-15-5-3-4-6-16(15)27-19-23-18(20)24-25(19)11-13-7-9-14(21)10-8-13/h3-10,12H,11H2,1-2H3,(H,22,26). The summed E-state index contributed by atoms with van der Waals surface area (Å²) in [5, 5.41) is 7.84. The third kappa shape index (κ3) is 5.08. The summed E-state index contributed by atoms with van der Waals surface area (Å²) in [6.45, 7) is 4.08. The van der Waals surface area contributed by atoms with E-state index in [1.807, 2.05) is 38.1 Å². The first-order chi connectivity index (χ1) is 12.9. The van der Waals surface area contributed by atoms with Crippen molar-refractivity contribution in [2.45, 2.75) is 30.4 Å². The molecule has 5 nitrogen and oxygen atoms in total. The molecule has 0 bridgehead atoms. The molecular formula is C19H18ClFN4OS. The van der Waals surface area contributed by atoms with Gasteiger partial charge in [-0.25, -0.2) is 9.07 Å². The first-order valence-corrected chi connectivity index (χ1v) is 9.54. The first-order valence-electron chi connectivity index (χ1n) is 8.35. The zero-order valence-corrected chi connectivity index (χ0v) is 16.4. The highest BCUT2D eigenvalue weighted by molar-refractivity contribution is 7.99. The van der Waals surface area contributed by atoms with Gasteiger partial charge in [0.2, 0.25) is 11.2 Å². The normalized spacial score (nSPS) is 11.0. The monoisotopic (exact) mass is 404 g/mol. The van der Waals surface area contributed by atoms with E-state index in [1.54, 1.807) is 16.8 Å². The summed E-state index contributed by atoms with van der Waals surface area (Å²) in [5.74, 6) is -0.478. The fraction of sp³-hybridized carbons (Fsp3) is 0.211. The minimum atomic E-state index is -0.292. The number of nitrogens with zero attached hydrogens (tertiary/aromatic N) is 3. The Balaban J connectivity index is 1.84. The summed E-state index contributed by atoms with van der Waals surface area (Å²) in [6.07, 6.45) is 0. The summed E-state index contributed by atoms with van der Waals surface area (Å²) >= 11 is 7.36. The van der Waals surface area contributed by atoms with Crippen molar-refractivity contribution in [1.29, 1.82) is 0 Å². The van der Waals surface area contributed by atoms with Gasteiger partial charge in [-0.05, 0) is 53.2 Å². The second-order valence-electron chi connectivity index (χ2n) is 6.19. The van der Waals surface area contributed by atoms with Crippen LogP contribution in [0.2, 0.25) is 5.28 Å². The van der Waals surface area contributed by atoms with Crippen molar-refractivity contribution in [3.05, 3.63) is 65.2 Å². The van der Waals surface area contributed by atoms with Crippen molar-refractivity contribution in [2.75, 3.05) is 5.32 Å². The van der Waals surface area contributed by atoms with Crippen molar-refractivity contribution >= 4 is 35.0 Å². The second-order valence-corrected chi connectivity index (χ2v) is 7.54. The summed E-state index contributed by atoms with van der Waals surface area (Å²) in [7, 11) is 0. The van der Waals surface area contributed by atoms with Crippen LogP contribution in [-0.4, -0.2) is 20.7 Å². The van der Waals surface area contributed by atoms with Gasteiger partial charge in [0.1, 0.15) is 5.82 Å². The number of halogens is 2. The molecule has 0 saturated heterocycles. The van der Waals surface area contributed by atoms with Crippen LogP contribution < -0.4 is 5.32 Å². The molecule has 0 fully saturated rings. The SMILES string of the molecule is CC(C)C(=O)Nc1ccccc1Sc1nc(Cl)nn1Cc1ccc(F)cc1. The number of rotatable bonds is 6. The van der Waals surface area contributed by atoms with Crippen LogP contribution in [0.4, 0.5) is 10.1 Å². The van der Waals surface area contributed by atoms with Gasteiger partial charge in [0.25, 0.3) is 0 Å². The van der Waals surface area contributed by atoms with E-state index in [2.05, 4.69) is 15.4 Å².